The first-order chi connectivity index (χ1) is 22.7. The monoisotopic (exact) mass is 643 g/mol. The third-order valence-electron chi connectivity index (χ3n) is 8.02. The molecule has 1 aromatic heterocycles. The number of aromatic nitrogens is 2. The predicted octanol–water partition coefficient (Wildman–Crippen LogP) is 3.67. The number of nitrogens with one attached hydrogen (secondary N) is 1. The molecular formula is C35H37N3O9. The molecule has 1 aliphatic heterocycles. The van der Waals surface area contributed by atoms with Gasteiger partial charge in [-0.15, -0.1) is 0 Å². The number of aliphatic hydroxyl groups is 1. The van der Waals surface area contributed by atoms with Gasteiger partial charge in [-0.05, 0) is 47.0 Å². The van der Waals surface area contributed by atoms with Crippen LogP contribution in [0, 0.1) is 5.92 Å². The Morgan fingerprint density at radius 3 is 1.96 bits per heavy atom. The number of ether oxygens (including phenoxy) is 5. The Morgan fingerprint density at radius 1 is 0.872 bits per heavy atom. The van der Waals surface area contributed by atoms with Crippen LogP contribution in [0.25, 0.3) is 0 Å². The Labute approximate surface area is 271 Å². The van der Waals surface area contributed by atoms with Gasteiger partial charge >= 0.3 is 11.7 Å². The number of aliphatic hydroxyl groups excluding tert-OH is 1. The van der Waals surface area contributed by atoms with Crippen LogP contribution in [0.3, 0.4) is 0 Å². The lowest BCUT2D eigenvalue weighted by molar-refractivity contribution is -0.144. The van der Waals surface area contributed by atoms with Crippen LogP contribution in [-0.4, -0.2) is 66.2 Å². The molecule has 2 N–H and O–H groups in total. The van der Waals surface area contributed by atoms with E-state index in [9.17, 15) is 19.5 Å². The Hall–Kier alpha value is -5.04. The highest BCUT2D eigenvalue weighted by atomic mass is 16.6. The van der Waals surface area contributed by atoms with E-state index in [0.717, 1.165) is 16.7 Å². The number of amides is 1. The van der Waals surface area contributed by atoms with Crippen LogP contribution in [0.5, 0.6) is 11.5 Å². The zero-order chi connectivity index (χ0) is 33.6. The Morgan fingerprint density at radius 2 is 1.45 bits per heavy atom. The van der Waals surface area contributed by atoms with Crippen molar-refractivity contribution in [3.8, 4) is 11.5 Å². The summed E-state index contributed by atoms with van der Waals surface area (Å²) in [5.74, 6) is -0.376. The van der Waals surface area contributed by atoms with Crippen LogP contribution < -0.4 is 20.5 Å². The molecule has 3 aromatic carbocycles. The van der Waals surface area contributed by atoms with E-state index in [4.69, 9.17) is 23.7 Å². The average molecular weight is 644 g/mol. The van der Waals surface area contributed by atoms with Gasteiger partial charge in [0.05, 0.1) is 32.8 Å². The van der Waals surface area contributed by atoms with Gasteiger partial charge in [-0.1, -0.05) is 54.6 Å². The fourth-order valence-corrected chi connectivity index (χ4v) is 5.75. The Balaban J connectivity index is 1.55. The summed E-state index contributed by atoms with van der Waals surface area (Å²) in [5.41, 5.74) is 0.459. The number of carbonyl (C=O) groups excluding carboxylic acids is 2. The van der Waals surface area contributed by atoms with Crippen molar-refractivity contribution in [1.82, 2.24) is 9.55 Å². The molecule has 1 aliphatic rings. The van der Waals surface area contributed by atoms with Crippen molar-refractivity contribution in [1.29, 1.82) is 0 Å². The summed E-state index contributed by atoms with van der Waals surface area (Å²) < 4.78 is 30.5. The summed E-state index contributed by atoms with van der Waals surface area (Å²) in [4.78, 5) is 40.2. The summed E-state index contributed by atoms with van der Waals surface area (Å²) in [6, 6.07) is 26.1. The van der Waals surface area contributed by atoms with Gasteiger partial charge in [0.1, 0.15) is 41.9 Å². The largest absolute Gasteiger partial charge is 0.497 e. The summed E-state index contributed by atoms with van der Waals surface area (Å²) in [7, 11) is 3.18. The van der Waals surface area contributed by atoms with Crippen molar-refractivity contribution in [2.75, 3.05) is 32.8 Å². The molecule has 0 aliphatic carbocycles. The van der Waals surface area contributed by atoms with E-state index in [1.54, 1.807) is 14.2 Å². The zero-order valence-electron chi connectivity index (χ0n) is 26.5. The molecule has 12 heteroatoms. The number of benzene rings is 3. The highest BCUT2D eigenvalue weighted by Crippen LogP contribution is 2.43. The maximum atomic E-state index is 13.1. The van der Waals surface area contributed by atoms with Crippen LogP contribution in [0.2, 0.25) is 0 Å². The molecule has 12 nitrogen and oxygen atoms in total. The minimum absolute atomic E-state index is 0.0698. The molecule has 1 fully saturated rings. The van der Waals surface area contributed by atoms with Crippen molar-refractivity contribution < 1.29 is 38.4 Å². The van der Waals surface area contributed by atoms with E-state index in [-0.39, 0.29) is 24.9 Å². The zero-order valence-corrected chi connectivity index (χ0v) is 26.5. The van der Waals surface area contributed by atoms with Gasteiger partial charge in [0.15, 0.2) is 0 Å². The van der Waals surface area contributed by atoms with E-state index < -0.39 is 41.6 Å². The molecule has 4 atom stereocenters. The average Bonchev–Trinajstić information content (AvgIpc) is 3.39. The number of methoxy groups -OCH3 is 2. The quantitative estimate of drug-likeness (QED) is 0.173. The normalized spacial score (nSPS) is 19.2. The minimum Gasteiger partial charge on any atom is -0.497 e. The molecule has 47 heavy (non-hydrogen) atoms. The second-order valence-electron chi connectivity index (χ2n) is 11.0. The molecule has 4 aromatic rings. The summed E-state index contributed by atoms with van der Waals surface area (Å²) in [5, 5.41) is 14.1. The number of anilines is 1. The van der Waals surface area contributed by atoms with Gasteiger partial charge in [-0.25, -0.2) is 4.79 Å². The number of hydrogen-bond donors (Lipinski definition) is 2. The molecule has 0 unspecified atom stereocenters. The summed E-state index contributed by atoms with van der Waals surface area (Å²) in [6.07, 6.45) is -1.81. The van der Waals surface area contributed by atoms with Crippen molar-refractivity contribution in [2.45, 2.75) is 37.9 Å². The van der Waals surface area contributed by atoms with Gasteiger partial charge in [0.2, 0.25) is 5.91 Å². The first-order valence-electron chi connectivity index (χ1n) is 15.0. The van der Waals surface area contributed by atoms with Gasteiger partial charge in [-0.2, -0.15) is 4.98 Å². The maximum absolute atomic E-state index is 13.1. The summed E-state index contributed by atoms with van der Waals surface area (Å²) in [6.45, 7) is 2.20. The number of rotatable bonds is 12. The predicted molar refractivity (Wildman–Crippen MR) is 171 cm³/mol. The van der Waals surface area contributed by atoms with Gasteiger partial charge in [0, 0.05) is 20.0 Å². The summed E-state index contributed by atoms with van der Waals surface area (Å²) >= 11 is 0. The van der Waals surface area contributed by atoms with Crippen LogP contribution in [0.4, 0.5) is 5.82 Å². The molecule has 1 saturated heterocycles. The van der Waals surface area contributed by atoms with Gasteiger partial charge < -0.3 is 34.1 Å². The number of esters is 1. The highest BCUT2D eigenvalue weighted by molar-refractivity contribution is 5.87. The highest BCUT2D eigenvalue weighted by Gasteiger charge is 2.48. The Kier molecular flexibility index (Phi) is 10.3. The standard InChI is InChI=1S/C35H37N3O9/c1-22(39)36-31-18-19-38(34(42)37-31)33-29(20-45-23(2)40)32(41)30(47-33)21-46-35(24-8-6-5-7-9-24,25-10-14-27(43-3)15-11-25)26-12-16-28(44-4)17-13-26/h5-19,29-30,32-33,41H,20-21H2,1-4H3,(H,36,37,39,42)/t29-,30-,32+,33-/m1/s1. The third kappa shape index (κ3) is 7.19. The maximum Gasteiger partial charge on any atom is 0.351 e. The lowest BCUT2D eigenvalue weighted by Gasteiger charge is -2.37. The van der Waals surface area contributed by atoms with Crippen LogP contribution >= 0.6 is 0 Å². The van der Waals surface area contributed by atoms with Crippen LogP contribution in [-0.2, 0) is 29.4 Å². The molecule has 0 saturated carbocycles. The molecule has 0 bridgehead atoms. The topological polar surface area (TPSA) is 147 Å². The number of hydrogen-bond acceptors (Lipinski definition) is 10. The fraction of sp³-hybridized carbons (Fsp3) is 0.314. The molecule has 246 valence electrons. The second-order valence-corrected chi connectivity index (χ2v) is 11.0. The fourth-order valence-electron chi connectivity index (χ4n) is 5.75. The molecule has 0 spiro atoms. The van der Waals surface area contributed by atoms with E-state index in [1.807, 2.05) is 78.9 Å². The lowest BCUT2D eigenvalue weighted by atomic mass is 9.80. The van der Waals surface area contributed by atoms with Crippen LogP contribution in [0.1, 0.15) is 36.8 Å². The van der Waals surface area contributed by atoms with Crippen LogP contribution in [0.15, 0.2) is 95.9 Å². The van der Waals surface area contributed by atoms with Gasteiger partial charge in [-0.3, -0.25) is 14.2 Å². The van der Waals surface area contributed by atoms with E-state index >= 15 is 0 Å². The minimum atomic E-state index is -1.21. The molecule has 5 rings (SSSR count). The van der Waals surface area contributed by atoms with Crippen molar-refractivity contribution in [2.24, 2.45) is 5.92 Å². The second kappa shape index (κ2) is 14.6. The van der Waals surface area contributed by atoms with E-state index in [2.05, 4.69) is 10.3 Å². The van der Waals surface area contributed by atoms with Crippen molar-refractivity contribution in [3.05, 3.63) is 118 Å². The first kappa shape index (κ1) is 33.3. The first-order valence-corrected chi connectivity index (χ1v) is 15.0. The van der Waals surface area contributed by atoms with E-state index in [1.165, 1.54) is 30.7 Å². The smallest absolute Gasteiger partial charge is 0.351 e. The number of carbonyl (C=O) groups is 2. The lowest BCUT2D eigenvalue weighted by Crippen LogP contribution is -2.39. The van der Waals surface area contributed by atoms with Crippen molar-refractivity contribution >= 4 is 17.7 Å². The van der Waals surface area contributed by atoms with Gasteiger partial charge in [0.25, 0.3) is 0 Å². The SMILES string of the molecule is COc1ccc(C(OC[C@H]2O[C@@H](n3ccc(NC(C)=O)nc3=O)[C@H](COC(C)=O)[C@@H]2O)(c2ccccc2)c2ccc(OC)cc2)cc1. The molecule has 1 amide bonds. The van der Waals surface area contributed by atoms with Crippen molar-refractivity contribution in [3.63, 3.8) is 0 Å². The number of nitrogens with zero attached hydrogens (tertiary/aromatic N) is 2. The molecule has 2 heterocycles. The molecule has 0 radical (unpaired) electrons. The van der Waals surface area contributed by atoms with E-state index in [0.29, 0.717) is 11.5 Å². The molecular weight excluding hydrogens is 606 g/mol. The Bertz CT molecular complexity index is 1680. The third-order valence-corrected chi connectivity index (χ3v) is 8.02.